The second-order valence-corrected chi connectivity index (χ2v) is 4.38. The normalized spacial score (nSPS) is 15.6. The molecule has 0 aromatic heterocycles. The molecular formula is C12H16BNO3. The van der Waals surface area contributed by atoms with Crippen molar-refractivity contribution in [2.75, 3.05) is 5.32 Å². The minimum absolute atomic E-state index is 0.000792. The first-order chi connectivity index (χ1) is 8.11. The molecule has 1 aromatic rings. The van der Waals surface area contributed by atoms with Crippen molar-refractivity contribution in [1.82, 2.24) is 0 Å². The Kier molecular flexibility index (Phi) is 3.50. The number of carbonyl (C=O) groups is 1. The topological polar surface area (TPSA) is 58.6 Å². The van der Waals surface area contributed by atoms with E-state index < -0.39 is 7.12 Å². The van der Waals surface area contributed by atoms with Crippen molar-refractivity contribution in [3.63, 3.8) is 0 Å². The third kappa shape index (κ3) is 2.51. The summed E-state index contributed by atoms with van der Waals surface area (Å²) >= 11 is 0. The van der Waals surface area contributed by atoms with Crippen molar-refractivity contribution >= 4 is 24.2 Å². The summed E-state index contributed by atoms with van der Waals surface area (Å²) in [5, 5.41) is 12.4. The summed E-state index contributed by atoms with van der Waals surface area (Å²) in [6.45, 7) is 4.29. The first-order valence-electron chi connectivity index (χ1n) is 5.85. The fourth-order valence-electron chi connectivity index (χ4n) is 1.74. The number of hydrogen-bond acceptors (Lipinski definition) is 3. The molecule has 0 spiro atoms. The maximum absolute atomic E-state index is 11.7. The summed E-state index contributed by atoms with van der Waals surface area (Å²) in [6.07, 6.45) is 0.808. The number of rotatable bonds is 3. The van der Waals surface area contributed by atoms with Gasteiger partial charge in [0, 0.05) is 11.6 Å². The van der Waals surface area contributed by atoms with Crippen LogP contribution in [0.1, 0.15) is 25.8 Å². The summed E-state index contributed by atoms with van der Waals surface area (Å²) in [4.78, 5) is 11.7. The van der Waals surface area contributed by atoms with E-state index in [1.165, 1.54) is 0 Å². The Balaban J connectivity index is 2.13. The lowest BCUT2D eigenvalue weighted by atomic mass is 9.79. The molecule has 1 amide bonds. The van der Waals surface area contributed by atoms with Crippen LogP contribution in [0.3, 0.4) is 0 Å². The van der Waals surface area contributed by atoms with Crippen LogP contribution in [0.2, 0.25) is 0 Å². The number of fused-ring (bicyclic) bond motifs is 1. The molecule has 1 unspecified atom stereocenters. The van der Waals surface area contributed by atoms with Crippen molar-refractivity contribution in [2.45, 2.75) is 26.9 Å². The van der Waals surface area contributed by atoms with Crippen LogP contribution in [0.15, 0.2) is 18.2 Å². The minimum Gasteiger partial charge on any atom is -0.423 e. The van der Waals surface area contributed by atoms with E-state index in [1.807, 2.05) is 26.0 Å². The van der Waals surface area contributed by atoms with E-state index in [0.717, 1.165) is 17.4 Å². The van der Waals surface area contributed by atoms with Gasteiger partial charge in [-0.3, -0.25) is 4.79 Å². The fourth-order valence-corrected chi connectivity index (χ4v) is 1.74. The number of carbonyl (C=O) groups excluding carboxylic acids is 1. The van der Waals surface area contributed by atoms with Crippen molar-refractivity contribution in [3.8, 4) is 0 Å². The van der Waals surface area contributed by atoms with Gasteiger partial charge in [0.25, 0.3) is 0 Å². The Bertz CT molecular complexity index is 436. The zero-order valence-corrected chi connectivity index (χ0v) is 10.1. The maximum atomic E-state index is 11.7. The summed E-state index contributed by atoms with van der Waals surface area (Å²) < 4.78 is 5.09. The molecule has 2 N–H and O–H groups in total. The molecule has 0 radical (unpaired) electrons. The van der Waals surface area contributed by atoms with Gasteiger partial charge in [-0.25, -0.2) is 0 Å². The highest BCUT2D eigenvalue weighted by molar-refractivity contribution is 6.61. The molecule has 1 atom stereocenters. The van der Waals surface area contributed by atoms with Gasteiger partial charge in [0.1, 0.15) is 0 Å². The van der Waals surface area contributed by atoms with Crippen LogP contribution in [0.5, 0.6) is 0 Å². The second kappa shape index (κ2) is 4.90. The summed E-state index contributed by atoms with van der Waals surface area (Å²) in [7, 11) is -0.870. The van der Waals surface area contributed by atoms with Crippen LogP contribution >= 0.6 is 0 Å². The van der Waals surface area contributed by atoms with E-state index in [9.17, 15) is 9.82 Å². The molecule has 1 aliphatic rings. The van der Waals surface area contributed by atoms with E-state index in [2.05, 4.69) is 5.32 Å². The van der Waals surface area contributed by atoms with Crippen LogP contribution < -0.4 is 10.8 Å². The lowest BCUT2D eigenvalue weighted by molar-refractivity contribution is -0.119. The molecule has 1 heterocycles. The van der Waals surface area contributed by atoms with Gasteiger partial charge in [0.15, 0.2) is 0 Å². The Labute approximate surface area is 101 Å². The van der Waals surface area contributed by atoms with Gasteiger partial charge in [-0.2, -0.15) is 0 Å². The molecule has 1 aliphatic heterocycles. The maximum Gasteiger partial charge on any atom is 0.491 e. The van der Waals surface area contributed by atoms with Crippen LogP contribution in [-0.4, -0.2) is 18.0 Å². The minimum atomic E-state index is -0.870. The highest BCUT2D eigenvalue weighted by Gasteiger charge is 2.27. The van der Waals surface area contributed by atoms with Crippen molar-refractivity contribution in [1.29, 1.82) is 0 Å². The van der Waals surface area contributed by atoms with Gasteiger partial charge < -0.3 is 15.0 Å². The van der Waals surface area contributed by atoms with E-state index >= 15 is 0 Å². The first kappa shape index (κ1) is 12.1. The quantitative estimate of drug-likeness (QED) is 0.762. The van der Waals surface area contributed by atoms with Crippen molar-refractivity contribution in [2.24, 2.45) is 5.92 Å². The van der Waals surface area contributed by atoms with Crippen LogP contribution in [0.4, 0.5) is 5.69 Å². The Morgan fingerprint density at radius 2 is 2.41 bits per heavy atom. The monoisotopic (exact) mass is 233 g/mol. The molecule has 0 fully saturated rings. The predicted octanol–water partition coefficient (Wildman–Crippen LogP) is 0.889. The zero-order chi connectivity index (χ0) is 12.4. The first-order valence-corrected chi connectivity index (χ1v) is 5.85. The third-order valence-electron chi connectivity index (χ3n) is 3.14. The molecule has 5 heteroatoms. The molecular weight excluding hydrogens is 217 g/mol. The third-order valence-corrected chi connectivity index (χ3v) is 3.14. The fraction of sp³-hybridized carbons (Fsp3) is 0.417. The molecule has 0 aliphatic carbocycles. The Morgan fingerprint density at radius 1 is 1.65 bits per heavy atom. The van der Waals surface area contributed by atoms with Crippen LogP contribution in [-0.2, 0) is 16.1 Å². The Morgan fingerprint density at radius 3 is 3.12 bits per heavy atom. The van der Waals surface area contributed by atoms with E-state index in [4.69, 9.17) is 4.65 Å². The van der Waals surface area contributed by atoms with E-state index in [0.29, 0.717) is 12.3 Å². The van der Waals surface area contributed by atoms with Gasteiger partial charge in [-0.15, -0.1) is 0 Å². The number of nitrogens with one attached hydrogen (secondary N) is 1. The van der Waals surface area contributed by atoms with Crippen molar-refractivity contribution in [3.05, 3.63) is 23.8 Å². The second-order valence-electron chi connectivity index (χ2n) is 4.38. The number of benzene rings is 1. The average molecular weight is 233 g/mol. The molecule has 0 saturated carbocycles. The Hall–Kier alpha value is -1.33. The standard InChI is InChI=1S/C12H16BNO3/c1-3-8(2)12(15)14-10-5-4-9-7-17-13(16)11(9)6-10/h4-6,8,16H,3,7H2,1-2H3,(H,14,15). The van der Waals surface area contributed by atoms with Gasteiger partial charge in [-0.1, -0.05) is 19.9 Å². The van der Waals surface area contributed by atoms with Gasteiger partial charge in [0.05, 0.1) is 6.61 Å². The molecule has 1 aromatic carbocycles. The largest absolute Gasteiger partial charge is 0.491 e. The lowest BCUT2D eigenvalue weighted by Gasteiger charge is -2.10. The summed E-state index contributed by atoms with van der Waals surface area (Å²) in [5.74, 6) is -0.00900. The molecule has 0 saturated heterocycles. The summed E-state index contributed by atoms with van der Waals surface area (Å²) in [5.41, 5.74) is 2.42. The predicted molar refractivity (Wildman–Crippen MR) is 66.9 cm³/mol. The smallest absolute Gasteiger partial charge is 0.423 e. The SMILES string of the molecule is CCC(C)C(=O)Nc1ccc2c(c1)B(O)OC2. The van der Waals surface area contributed by atoms with Gasteiger partial charge in [0.2, 0.25) is 5.91 Å². The zero-order valence-electron chi connectivity index (χ0n) is 10.1. The number of hydrogen-bond donors (Lipinski definition) is 2. The number of amides is 1. The van der Waals surface area contributed by atoms with Gasteiger partial charge in [-0.05, 0) is 29.6 Å². The lowest BCUT2D eigenvalue weighted by Crippen LogP contribution is -2.29. The van der Waals surface area contributed by atoms with E-state index in [-0.39, 0.29) is 11.8 Å². The molecule has 90 valence electrons. The van der Waals surface area contributed by atoms with Crippen LogP contribution in [0, 0.1) is 5.92 Å². The summed E-state index contributed by atoms with van der Waals surface area (Å²) in [6, 6.07) is 5.48. The van der Waals surface area contributed by atoms with Gasteiger partial charge >= 0.3 is 7.12 Å². The van der Waals surface area contributed by atoms with Crippen LogP contribution in [0.25, 0.3) is 0 Å². The average Bonchev–Trinajstić information content (AvgIpc) is 2.70. The molecule has 4 nitrogen and oxygen atoms in total. The molecule has 2 rings (SSSR count). The number of anilines is 1. The highest BCUT2D eigenvalue weighted by Crippen LogP contribution is 2.15. The molecule has 17 heavy (non-hydrogen) atoms. The molecule has 0 bridgehead atoms. The highest BCUT2D eigenvalue weighted by atomic mass is 16.5. The van der Waals surface area contributed by atoms with Crippen molar-refractivity contribution < 1.29 is 14.5 Å². The van der Waals surface area contributed by atoms with E-state index in [1.54, 1.807) is 6.07 Å².